The van der Waals surface area contributed by atoms with Crippen molar-refractivity contribution in [1.82, 2.24) is 14.5 Å². The van der Waals surface area contributed by atoms with E-state index in [0.29, 0.717) is 0 Å². The number of hydrogen-bond acceptors (Lipinski definition) is 4. The van der Waals surface area contributed by atoms with E-state index >= 15 is 0 Å². The molecule has 0 spiro atoms. The van der Waals surface area contributed by atoms with Crippen LogP contribution in [0, 0.1) is 13.8 Å². The number of nitrogens with one attached hydrogen (secondary N) is 1. The van der Waals surface area contributed by atoms with Gasteiger partial charge in [0.15, 0.2) is 0 Å². The molecule has 0 aromatic carbocycles. The summed E-state index contributed by atoms with van der Waals surface area (Å²) >= 11 is 5.34. The van der Waals surface area contributed by atoms with Gasteiger partial charge in [0.1, 0.15) is 11.6 Å². The van der Waals surface area contributed by atoms with E-state index in [1.807, 2.05) is 36.0 Å². The zero-order valence-corrected chi connectivity index (χ0v) is 14.2. The minimum absolute atomic E-state index is 0.808. The summed E-state index contributed by atoms with van der Waals surface area (Å²) < 4.78 is 3.14. The van der Waals surface area contributed by atoms with Crippen LogP contribution in [0.25, 0.3) is 5.82 Å². The maximum Gasteiger partial charge on any atom is 0.138 e. The summed E-state index contributed by atoms with van der Waals surface area (Å²) in [6.07, 6.45) is 5.54. The van der Waals surface area contributed by atoms with Crippen LogP contribution >= 0.6 is 27.3 Å². The number of rotatable bonds is 4. The van der Waals surface area contributed by atoms with Crippen LogP contribution in [0.4, 0.5) is 5.69 Å². The Balaban J connectivity index is 1.69. The second-order valence-electron chi connectivity index (χ2n) is 4.72. The van der Waals surface area contributed by atoms with Gasteiger partial charge in [-0.15, -0.1) is 11.3 Å². The summed E-state index contributed by atoms with van der Waals surface area (Å²) in [6, 6.07) is 6.19. The summed E-state index contributed by atoms with van der Waals surface area (Å²) in [4.78, 5) is 11.3. The number of pyridine rings is 1. The van der Waals surface area contributed by atoms with Crippen LogP contribution in [-0.2, 0) is 6.54 Å². The zero-order chi connectivity index (χ0) is 14.8. The van der Waals surface area contributed by atoms with Crippen molar-refractivity contribution in [2.24, 2.45) is 0 Å². The molecular formula is C15H15BrN4S. The van der Waals surface area contributed by atoms with Crippen molar-refractivity contribution in [3.63, 3.8) is 0 Å². The van der Waals surface area contributed by atoms with Gasteiger partial charge in [-0.05, 0) is 48.0 Å². The lowest BCUT2D eigenvalue weighted by Crippen LogP contribution is -2.01. The van der Waals surface area contributed by atoms with Gasteiger partial charge in [-0.25, -0.2) is 9.97 Å². The van der Waals surface area contributed by atoms with E-state index in [9.17, 15) is 0 Å². The molecule has 0 amide bonds. The minimum atomic E-state index is 0.808. The van der Waals surface area contributed by atoms with Gasteiger partial charge in [-0.2, -0.15) is 0 Å². The number of aromatic nitrogens is 3. The first-order valence-corrected chi connectivity index (χ1v) is 8.19. The third kappa shape index (κ3) is 3.16. The maximum atomic E-state index is 4.47. The summed E-state index contributed by atoms with van der Waals surface area (Å²) in [6.45, 7) is 4.88. The lowest BCUT2D eigenvalue weighted by molar-refractivity contribution is 0.932. The maximum absolute atomic E-state index is 4.47. The van der Waals surface area contributed by atoms with Gasteiger partial charge in [0.2, 0.25) is 0 Å². The molecule has 0 bridgehead atoms. The number of imidazole rings is 1. The molecule has 108 valence electrons. The van der Waals surface area contributed by atoms with E-state index in [2.05, 4.69) is 44.2 Å². The number of hydrogen-bond donors (Lipinski definition) is 1. The Labute approximate surface area is 136 Å². The van der Waals surface area contributed by atoms with Gasteiger partial charge >= 0.3 is 0 Å². The van der Waals surface area contributed by atoms with E-state index in [1.54, 1.807) is 17.5 Å². The molecule has 0 aliphatic rings. The van der Waals surface area contributed by atoms with Crippen LogP contribution in [0.1, 0.15) is 15.6 Å². The predicted octanol–water partition coefficient (Wildman–Crippen LogP) is 4.32. The average Bonchev–Trinajstić information content (AvgIpc) is 3.04. The number of thiophene rings is 1. The molecule has 0 saturated carbocycles. The molecule has 3 rings (SSSR count). The Morgan fingerprint density at radius 3 is 2.71 bits per heavy atom. The van der Waals surface area contributed by atoms with E-state index in [0.717, 1.165) is 23.9 Å². The van der Waals surface area contributed by atoms with E-state index < -0.39 is 0 Å². The largest absolute Gasteiger partial charge is 0.379 e. The summed E-state index contributed by atoms with van der Waals surface area (Å²) in [5.74, 6) is 1.81. The Morgan fingerprint density at radius 1 is 1.29 bits per heavy atom. The van der Waals surface area contributed by atoms with Crippen molar-refractivity contribution in [1.29, 1.82) is 0 Å². The molecule has 3 aromatic heterocycles. The van der Waals surface area contributed by atoms with Crippen molar-refractivity contribution in [3.8, 4) is 5.82 Å². The van der Waals surface area contributed by atoms with Crippen molar-refractivity contribution >= 4 is 33.0 Å². The van der Waals surface area contributed by atoms with Crippen LogP contribution < -0.4 is 5.32 Å². The van der Waals surface area contributed by atoms with Crippen molar-refractivity contribution in [2.75, 3.05) is 5.32 Å². The molecule has 6 heteroatoms. The van der Waals surface area contributed by atoms with Gasteiger partial charge in [0.25, 0.3) is 0 Å². The molecule has 0 aliphatic heterocycles. The fourth-order valence-corrected chi connectivity index (χ4v) is 3.59. The third-order valence-electron chi connectivity index (χ3n) is 3.20. The molecule has 1 N–H and O–H groups in total. The Kier molecular flexibility index (Phi) is 4.07. The van der Waals surface area contributed by atoms with E-state index in [4.69, 9.17) is 0 Å². The van der Waals surface area contributed by atoms with E-state index in [1.165, 1.54) is 14.2 Å². The topological polar surface area (TPSA) is 42.7 Å². The molecule has 0 saturated heterocycles. The molecule has 0 radical (unpaired) electrons. The van der Waals surface area contributed by atoms with Gasteiger partial charge in [-0.3, -0.25) is 4.57 Å². The number of nitrogens with zero attached hydrogens (tertiary/aromatic N) is 3. The normalized spacial score (nSPS) is 10.8. The smallest absolute Gasteiger partial charge is 0.138 e. The zero-order valence-electron chi connectivity index (χ0n) is 11.8. The lowest BCUT2D eigenvalue weighted by Gasteiger charge is -2.07. The Hall–Kier alpha value is -1.66. The molecule has 0 fully saturated rings. The Bertz CT molecular complexity index is 726. The lowest BCUT2D eigenvalue weighted by atomic mass is 10.3. The molecule has 21 heavy (non-hydrogen) atoms. The molecule has 0 atom stereocenters. The quantitative estimate of drug-likeness (QED) is 0.751. The molecule has 0 aliphatic carbocycles. The van der Waals surface area contributed by atoms with Crippen LogP contribution in [0.2, 0.25) is 0 Å². The van der Waals surface area contributed by atoms with Gasteiger partial charge < -0.3 is 5.32 Å². The second-order valence-corrected chi connectivity index (χ2v) is 6.92. The predicted molar refractivity (Wildman–Crippen MR) is 90.2 cm³/mol. The average molecular weight is 363 g/mol. The highest BCUT2D eigenvalue weighted by Gasteiger charge is 2.04. The number of aryl methyl sites for hydroxylation is 2. The molecule has 4 nitrogen and oxygen atoms in total. The number of anilines is 1. The number of halogens is 1. The monoisotopic (exact) mass is 362 g/mol. The highest BCUT2D eigenvalue weighted by molar-refractivity contribution is 9.10. The highest BCUT2D eigenvalue weighted by Crippen LogP contribution is 2.26. The van der Waals surface area contributed by atoms with Crippen LogP contribution in [0.5, 0.6) is 0 Å². The van der Waals surface area contributed by atoms with Gasteiger partial charge in [0, 0.05) is 33.2 Å². The third-order valence-corrected chi connectivity index (χ3v) is 5.33. The fraction of sp³-hybridized carbons (Fsp3) is 0.200. The second kappa shape index (κ2) is 5.99. The first-order valence-electron chi connectivity index (χ1n) is 6.58. The molecular weight excluding hydrogens is 348 g/mol. The molecule has 0 unspecified atom stereocenters. The summed E-state index contributed by atoms with van der Waals surface area (Å²) in [5, 5.41) is 3.39. The summed E-state index contributed by atoms with van der Waals surface area (Å²) in [5.41, 5.74) is 1.01. The van der Waals surface area contributed by atoms with Crippen molar-refractivity contribution in [3.05, 3.63) is 56.8 Å². The van der Waals surface area contributed by atoms with E-state index in [-0.39, 0.29) is 0 Å². The van der Waals surface area contributed by atoms with Crippen molar-refractivity contribution in [2.45, 2.75) is 20.4 Å². The van der Waals surface area contributed by atoms with Crippen molar-refractivity contribution < 1.29 is 0 Å². The van der Waals surface area contributed by atoms with Crippen LogP contribution in [0.15, 0.2) is 41.3 Å². The minimum Gasteiger partial charge on any atom is -0.379 e. The standard InChI is InChI=1S/C15H15BrN4S/c1-10-14(16)7-13(21-10)9-18-12-3-4-15(19-8-12)20-6-5-17-11(20)2/h3-8,18H,9H2,1-2H3. The van der Waals surface area contributed by atoms with Gasteiger partial charge in [0.05, 0.1) is 11.9 Å². The van der Waals surface area contributed by atoms with Crippen LogP contribution in [0.3, 0.4) is 0 Å². The molecule has 3 heterocycles. The first-order chi connectivity index (χ1) is 10.1. The first kappa shape index (κ1) is 14.3. The fourth-order valence-electron chi connectivity index (χ4n) is 2.05. The Morgan fingerprint density at radius 2 is 2.14 bits per heavy atom. The van der Waals surface area contributed by atoms with Crippen LogP contribution in [-0.4, -0.2) is 14.5 Å². The molecule has 3 aromatic rings. The SMILES string of the molecule is Cc1sc(CNc2ccc(-n3ccnc3C)nc2)cc1Br. The summed E-state index contributed by atoms with van der Waals surface area (Å²) in [7, 11) is 0. The highest BCUT2D eigenvalue weighted by atomic mass is 79.9. The van der Waals surface area contributed by atoms with Gasteiger partial charge in [-0.1, -0.05) is 0 Å².